The van der Waals surface area contributed by atoms with Gasteiger partial charge in [0.05, 0.1) is 0 Å². The van der Waals surface area contributed by atoms with Gasteiger partial charge in [0.25, 0.3) is 5.97 Å². The summed E-state index contributed by atoms with van der Waals surface area (Å²) in [6.45, 7) is 4.74. The quantitative estimate of drug-likeness (QED) is 0.353. The van der Waals surface area contributed by atoms with E-state index in [0.29, 0.717) is 0 Å². The van der Waals surface area contributed by atoms with Gasteiger partial charge in [-0.1, -0.05) is 36.4 Å². The molecule has 0 bridgehead atoms. The molecule has 5 heteroatoms. The number of allylic oxidation sites excluding steroid dienone is 1. The van der Waals surface area contributed by atoms with Crippen LogP contribution in [-0.4, -0.2) is 17.0 Å². The smallest absolute Gasteiger partial charge is 0.300 e. The van der Waals surface area contributed by atoms with Crippen LogP contribution in [0.2, 0.25) is 0 Å². The van der Waals surface area contributed by atoms with Gasteiger partial charge >= 0.3 is 0 Å². The van der Waals surface area contributed by atoms with Crippen LogP contribution in [0.4, 0.5) is 0 Å². The number of carbonyl (C=O) groups is 1. The number of benzene rings is 1. The van der Waals surface area contributed by atoms with Crippen LogP contribution in [0.1, 0.15) is 12.5 Å². The molecule has 0 saturated heterocycles. The van der Waals surface area contributed by atoms with Crippen LogP contribution in [0.5, 0.6) is 0 Å². The first kappa shape index (κ1) is 17.1. The highest BCUT2D eigenvalue weighted by Gasteiger charge is 1.82. The van der Waals surface area contributed by atoms with Crippen molar-refractivity contribution in [2.24, 2.45) is 11.5 Å². The Morgan fingerprint density at radius 3 is 2.06 bits per heavy atom. The number of carboxylic acids is 1. The first-order valence-corrected chi connectivity index (χ1v) is 4.84. The van der Waals surface area contributed by atoms with Crippen molar-refractivity contribution < 1.29 is 9.90 Å². The molecule has 1 aromatic carbocycles. The molecule has 1 rings (SSSR count). The Morgan fingerprint density at radius 1 is 1.41 bits per heavy atom. The highest BCUT2D eigenvalue weighted by molar-refractivity contribution is 5.71. The maximum absolute atomic E-state index is 9.00. The molecule has 0 fully saturated rings. The Labute approximate surface area is 101 Å². The third kappa shape index (κ3) is 24.8. The van der Waals surface area contributed by atoms with Crippen LogP contribution in [0.25, 0.3) is 0 Å². The fourth-order valence-corrected chi connectivity index (χ4v) is 0.781. The molecule has 0 unspecified atom stereocenters. The predicted octanol–water partition coefficient (Wildman–Crippen LogP) is 1.34. The summed E-state index contributed by atoms with van der Waals surface area (Å²) >= 11 is 0. The van der Waals surface area contributed by atoms with Crippen LogP contribution in [0.15, 0.2) is 43.0 Å². The number of aliphatic carboxylic acids is 1. The highest BCUT2D eigenvalue weighted by Crippen LogP contribution is 1.98. The molecule has 0 spiro atoms. The molecule has 5 nitrogen and oxygen atoms in total. The third-order valence-corrected chi connectivity index (χ3v) is 1.22. The number of hydrogen-bond acceptors (Lipinski definition) is 2. The van der Waals surface area contributed by atoms with E-state index in [1.165, 1.54) is 5.56 Å². The Kier molecular flexibility index (Phi) is 11.8. The van der Waals surface area contributed by atoms with Crippen molar-refractivity contribution in [2.45, 2.75) is 13.3 Å². The van der Waals surface area contributed by atoms with Gasteiger partial charge in [0, 0.05) is 6.92 Å². The maximum atomic E-state index is 9.00. The van der Waals surface area contributed by atoms with Gasteiger partial charge in [0.1, 0.15) is 0 Å². The number of rotatable bonds is 2. The highest BCUT2D eigenvalue weighted by atomic mass is 16.4. The Morgan fingerprint density at radius 2 is 1.76 bits per heavy atom. The Bertz CT molecular complexity index is 317. The van der Waals surface area contributed by atoms with Gasteiger partial charge in [-0.3, -0.25) is 10.2 Å². The van der Waals surface area contributed by atoms with Crippen molar-refractivity contribution in [1.82, 2.24) is 0 Å². The normalized spacial score (nSPS) is 7.59. The topological polar surface area (TPSA) is 113 Å². The molecule has 0 amide bonds. The lowest BCUT2D eigenvalue weighted by Crippen LogP contribution is -2.20. The van der Waals surface area contributed by atoms with Gasteiger partial charge in [-0.15, -0.1) is 6.58 Å². The Balaban J connectivity index is 0. The fourth-order valence-electron chi connectivity index (χ4n) is 0.781. The van der Waals surface area contributed by atoms with E-state index in [-0.39, 0.29) is 5.96 Å². The largest absolute Gasteiger partial charge is 0.481 e. The molecule has 17 heavy (non-hydrogen) atoms. The summed E-state index contributed by atoms with van der Waals surface area (Å²) in [6.07, 6.45) is 2.89. The second-order valence-electron chi connectivity index (χ2n) is 2.95. The van der Waals surface area contributed by atoms with E-state index in [1.807, 2.05) is 24.3 Å². The molecule has 0 aliphatic carbocycles. The summed E-state index contributed by atoms with van der Waals surface area (Å²) in [5.74, 6) is -1.17. The van der Waals surface area contributed by atoms with Crippen LogP contribution >= 0.6 is 0 Å². The molecule has 0 aliphatic heterocycles. The van der Waals surface area contributed by atoms with E-state index >= 15 is 0 Å². The van der Waals surface area contributed by atoms with Crippen molar-refractivity contribution in [3.63, 3.8) is 0 Å². The van der Waals surface area contributed by atoms with Gasteiger partial charge in [0.2, 0.25) is 0 Å². The van der Waals surface area contributed by atoms with Gasteiger partial charge in [-0.2, -0.15) is 0 Å². The van der Waals surface area contributed by atoms with Gasteiger partial charge in [-0.05, 0) is 12.0 Å². The van der Waals surface area contributed by atoms with Crippen molar-refractivity contribution >= 4 is 11.9 Å². The summed E-state index contributed by atoms with van der Waals surface area (Å²) in [5.41, 5.74) is 10.3. The van der Waals surface area contributed by atoms with E-state index in [1.54, 1.807) is 0 Å². The maximum Gasteiger partial charge on any atom is 0.300 e. The molecule has 0 aliphatic rings. The average Bonchev–Trinajstić information content (AvgIpc) is 2.18. The molecular formula is C12H19N3O2. The number of guanidine groups is 1. The zero-order valence-corrected chi connectivity index (χ0v) is 9.89. The second kappa shape index (κ2) is 11.8. The van der Waals surface area contributed by atoms with E-state index in [0.717, 1.165) is 13.3 Å². The van der Waals surface area contributed by atoms with Crippen molar-refractivity contribution in [2.75, 3.05) is 0 Å². The van der Waals surface area contributed by atoms with E-state index in [4.69, 9.17) is 15.3 Å². The van der Waals surface area contributed by atoms with E-state index in [2.05, 4.69) is 30.2 Å². The van der Waals surface area contributed by atoms with Crippen LogP contribution < -0.4 is 11.5 Å². The monoisotopic (exact) mass is 237 g/mol. The average molecular weight is 237 g/mol. The van der Waals surface area contributed by atoms with Crippen molar-refractivity contribution in [3.8, 4) is 0 Å². The minimum Gasteiger partial charge on any atom is -0.481 e. The predicted molar refractivity (Wildman–Crippen MR) is 69.8 cm³/mol. The van der Waals surface area contributed by atoms with Gasteiger partial charge in [-0.25, -0.2) is 0 Å². The minimum atomic E-state index is -0.833. The summed E-state index contributed by atoms with van der Waals surface area (Å²) < 4.78 is 0. The first-order chi connectivity index (χ1) is 7.90. The van der Waals surface area contributed by atoms with Crippen molar-refractivity contribution in [1.29, 1.82) is 5.41 Å². The molecule has 0 atom stereocenters. The molecule has 0 heterocycles. The first-order valence-electron chi connectivity index (χ1n) is 4.84. The molecule has 1 aromatic rings. The molecule has 94 valence electrons. The van der Waals surface area contributed by atoms with Crippen LogP contribution in [0.3, 0.4) is 0 Å². The minimum absolute atomic E-state index is 0.333. The number of nitrogens with two attached hydrogens (primary N) is 2. The van der Waals surface area contributed by atoms with Crippen molar-refractivity contribution in [3.05, 3.63) is 48.6 Å². The molecule has 0 aromatic heterocycles. The number of nitrogens with one attached hydrogen (secondary N) is 1. The Hall–Kier alpha value is -2.30. The van der Waals surface area contributed by atoms with Crippen LogP contribution in [0, 0.1) is 5.41 Å². The zero-order valence-electron chi connectivity index (χ0n) is 9.89. The molecule has 0 radical (unpaired) electrons. The SMILES string of the molecule is C=CCc1ccccc1.CC(=O)O.N=C(N)N. The summed E-state index contributed by atoms with van der Waals surface area (Å²) in [4.78, 5) is 9.00. The standard InChI is InChI=1S/C9H10.C2H4O2.CH5N3/c1-2-6-9-7-4-3-5-8-9;1-2(3)4;2-1(3)4/h2-5,7-8H,1,6H2;1H3,(H,3,4);(H5,2,3,4). The fraction of sp³-hybridized carbons (Fsp3) is 0.167. The van der Waals surface area contributed by atoms with Crippen LogP contribution in [-0.2, 0) is 11.2 Å². The second-order valence-corrected chi connectivity index (χ2v) is 2.95. The molecule has 0 saturated carbocycles. The summed E-state index contributed by atoms with van der Waals surface area (Å²) in [5, 5.41) is 13.5. The summed E-state index contributed by atoms with van der Waals surface area (Å²) in [6, 6.07) is 10.3. The number of hydrogen-bond donors (Lipinski definition) is 4. The van der Waals surface area contributed by atoms with E-state index in [9.17, 15) is 0 Å². The lowest BCUT2D eigenvalue weighted by molar-refractivity contribution is -0.134. The van der Waals surface area contributed by atoms with Gasteiger partial charge in [0.15, 0.2) is 5.96 Å². The lowest BCUT2D eigenvalue weighted by atomic mass is 10.2. The molecular weight excluding hydrogens is 218 g/mol. The summed E-state index contributed by atoms with van der Waals surface area (Å²) in [7, 11) is 0. The molecule has 6 N–H and O–H groups in total. The van der Waals surface area contributed by atoms with E-state index < -0.39 is 5.97 Å². The van der Waals surface area contributed by atoms with Gasteiger partial charge < -0.3 is 16.6 Å². The third-order valence-electron chi connectivity index (χ3n) is 1.22. The lowest BCUT2D eigenvalue weighted by Gasteiger charge is -1.91. The zero-order chi connectivity index (χ0) is 13.7. The number of carboxylic acid groups (broad SMARTS) is 1.